The average molecular weight is 473 g/mol. The minimum Gasteiger partial charge on any atom is -0.353 e. The Bertz CT molecular complexity index is 1330. The topological polar surface area (TPSA) is 79.8 Å². The fraction of sp³-hybridized carbons (Fsp3) is 0.136. The molecule has 9 heteroatoms. The van der Waals surface area contributed by atoms with Crippen LogP contribution in [0.5, 0.6) is 0 Å². The molecule has 0 spiro atoms. The Morgan fingerprint density at radius 1 is 1.10 bits per heavy atom. The number of aromatic nitrogens is 3. The number of thioether (sulfide) groups is 1. The zero-order chi connectivity index (χ0) is 22.1. The Hall–Kier alpha value is -2.74. The van der Waals surface area contributed by atoms with Gasteiger partial charge in [0.2, 0.25) is 5.91 Å². The Morgan fingerprint density at radius 3 is 2.45 bits per heavy atom. The molecule has 31 heavy (non-hydrogen) atoms. The number of carbonyl (C=O) groups is 1. The highest BCUT2D eigenvalue weighted by Crippen LogP contribution is 2.24. The van der Waals surface area contributed by atoms with Crippen molar-refractivity contribution in [1.29, 1.82) is 0 Å². The van der Waals surface area contributed by atoms with Gasteiger partial charge in [0.1, 0.15) is 5.52 Å². The molecule has 0 saturated carbocycles. The number of aryl methyl sites for hydroxylation is 2. The van der Waals surface area contributed by atoms with E-state index in [2.05, 4.69) is 15.3 Å². The molecule has 0 aliphatic carbocycles. The van der Waals surface area contributed by atoms with Gasteiger partial charge in [-0.3, -0.25) is 14.2 Å². The molecule has 4 aromatic rings. The average Bonchev–Trinajstić information content (AvgIpc) is 3.07. The van der Waals surface area contributed by atoms with E-state index in [9.17, 15) is 9.59 Å². The molecule has 0 unspecified atom stereocenters. The van der Waals surface area contributed by atoms with Crippen LogP contribution in [0.25, 0.3) is 16.7 Å². The van der Waals surface area contributed by atoms with Gasteiger partial charge in [-0.25, -0.2) is 4.98 Å². The van der Waals surface area contributed by atoms with Crippen LogP contribution in [0.4, 0.5) is 5.69 Å². The van der Waals surface area contributed by atoms with Crippen molar-refractivity contribution in [1.82, 2.24) is 14.5 Å². The van der Waals surface area contributed by atoms with E-state index in [1.807, 2.05) is 44.2 Å². The van der Waals surface area contributed by atoms with Gasteiger partial charge in [-0.1, -0.05) is 52.7 Å². The zero-order valence-electron chi connectivity index (χ0n) is 16.7. The molecule has 2 heterocycles. The normalized spacial score (nSPS) is 11.1. The number of hydrogen-bond acceptors (Lipinski definition) is 4. The second-order valence-electron chi connectivity index (χ2n) is 7.08. The number of halogens is 2. The molecule has 0 aliphatic rings. The largest absolute Gasteiger partial charge is 0.353 e. The molecule has 4 rings (SSSR count). The van der Waals surface area contributed by atoms with E-state index >= 15 is 0 Å². The minimum atomic E-state index is -0.265. The number of hydrogen-bond donors (Lipinski definition) is 2. The second kappa shape index (κ2) is 8.78. The van der Waals surface area contributed by atoms with Crippen LogP contribution in [-0.4, -0.2) is 26.2 Å². The summed E-state index contributed by atoms with van der Waals surface area (Å²) in [6.45, 7) is 3.85. The fourth-order valence-electron chi connectivity index (χ4n) is 3.15. The van der Waals surface area contributed by atoms with E-state index < -0.39 is 0 Å². The van der Waals surface area contributed by atoms with Crippen molar-refractivity contribution in [2.24, 2.45) is 0 Å². The summed E-state index contributed by atoms with van der Waals surface area (Å²) < 4.78 is 1.52. The lowest BCUT2D eigenvalue weighted by molar-refractivity contribution is -0.113. The van der Waals surface area contributed by atoms with E-state index in [4.69, 9.17) is 23.2 Å². The Morgan fingerprint density at radius 2 is 1.77 bits per heavy atom. The highest BCUT2D eigenvalue weighted by molar-refractivity contribution is 7.99. The van der Waals surface area contributed by atoms with Crippen LogP contribution >= 0.6 is 35.0 Å². The van der Waals surface area contributed by atoms with E-state index in [1.165, 1.54) is 16.3 Å². The minimum absolute atomic E-state index is 0.0529. The number of amides is 1. The molecule has 0 fully saturated rings. The smallest absolute Gasteiger partial charge is 0.283 e. The number of rotatable bonds is 5. The van der Waals surface area contributed by atoms with Gasteiger partial charge in [0, 0.05) is 21.4 Å². The van der Waals surface area contributed by atoms with Gasteiger partial charge in [-0.2, -0.15) is 0 Å². The number of H-pyrrole nitrogens is 1. The van der Waals surface area contributed by atoms with Crippen molar-refractivity contribution in [2.45, 2.75) is 19.0 Å². The Labute approximate surface area is 192 Å². The molecule has 0 atom stereocenters. The van der Waals surface area contributed by atoms with Crippen LogP contribution < -0.4 is 10.9 Å². The number of anilines is 1. The van der Waals surface area contributed by atoms with Crippen molar-refractivity contribution in [3.63, 3.8) is 0 Å². The molecule has 0 radical (unpaired) electrons. The predicted molar refractivity (Wildman–Crippen MR) is 127 cm³/mol. The van der Waals surface area contributed by atoms with Gasteiger partial charge in [0.15, 0.2) is 5.16 Å². The number of fused-ring (bicyclic) bond motifs is 1. The molecule has 0 bridgehead atoms. The maximum absolute atomic E-state index is 13.2. The van der Waals surface area contributed by atoms with Crippen molar-refractivity contribution in [3.8, 4) is 5.69 Å². The first kappa shape index (κ1) is 21.5. The van der Waals surface area contributed by atoms with Crippen LogP contribution in [0.1, 0.15) is 11.3 Å². The van der Waals surface area contributed by atoms with Gasteiger partial charge in [-0.05, 0) is 50.2 Å². The fourth-order valence-corrected chi connectivity index (χ4v) is 4.49. The lowest BCUT2D eigenvalue weighted by Crippen LogP contribution is -2.23. The summed E-state index contributed by atoms with van der Waals surface area (Å²) in [6.07, 6.45) is 0. The van der Waals surface area contributed by atoms with E-state index in [0.717, 1.165) is 11.3 Å². The number of carbonyl (C=O) groups excluding carboxylic acids is 1. The highest BCUT2D eigenvalue weighted by atomic mass is 35.5. The number of aromatic amines is 1. The van der Waals surface area contributed by atoms with Crippen molar-refractivity contribution in [3.05, 3.63) is 80.2 Å². The molecule has 2 aromatic carbocycles. The zero-order valence-corrected chi connectivity index (χ0v) is 19.0. The lowest BCUT2D eigenvalue weighted by Gasteiger charge is -2.12. The van der Waals surface area contributed by atoms with E-state index in [-0.39, 0.29) is 17.2 Å². The maximum Gasteiger partial charge on any atom is 0.283 e. The summed E-state index contributed by atoms with van der Waals surface area (Å²) in [5.41, 5.74) is 3.89. The molecule has 6 nitrogen and oxygen atoms in total. The van der Waals surface area contributed by atoms with Gasteiger partial charge >= 0.3 is 0 Å². The Balaban J connectivity index is 1.66. The van der Waals surface area contributed by atoms with Gasteiger partial charge in [0.25, 0.3) is 5.56 Å². The van der Waals surface area contributed by atoms with Crippen molar-refractivity contribution in [2.75, 3.05) is 11.1 Å². The first-order valence-corrected chi connectivity index (χ1v) is 11.1. The van der Waals surface area contributed by atoms with E-state index in [0.29, 0.717) is 37.6 Å². The molecule has 2 N–H and O–H groups in total. The van der Waals surface area contributed by atoms with Crippen LogP contribution in [0, 0.1) is 13.8 Å². The van der Waals surface area contributed by atoms with Crippen LogP contribution in [0.3, 0.4) is 0 Å². The highest BCUT2D eigenvalue weighted by Gasteiger charge is 2.16. The lowest BCUT2D eigenvalue weighted by atomic mass is 10.2. The predicted octanol–water partition coefficient (Wildman–Crippen LogP) is 5.37. The molecule has 158 valence electrons. The third-order valence-corrected chi connectivity index (χ3v) is 5.90. The van der Waals surface area contributed by atoms with Crippen molar-refractivity contribution < 1.29 is 4.79 Å². The third-order valence-electron chi connectivity index (χ3n) is 4.53. The SMILES string of the molecule is Cc1ccc(-n2c(SCC(=O)Nc3cc(Cl)cc(Cl)c3)nc3cc(C)[nH]c3c2=O)cc1. The van der Waals surface area contributed by atoms with Crippen LogP contribution in [0.15, 0.2) is 58.5 Å². The summed E-state index contributed by atoms with van der Waals surface area (Å²) in [4.78, 5) is 33.4. The standard InChI is InChI=1S/C22H18Cl2N4O2S/c1-12-3-5-17(6-4-12)28-21(30)20-18(7-13(2)25-20)27-22(28)31-11-19(29)26-16-9-14(23)8-15(24)10-16/h3-10,25H,11H2,1-2H3,(H,26,29). The molecule has 1 amide bonds. The summed E-state index contributed by atoms with van der Waals surface area (Å²) in [5.74, 6) is -0.212. The van der Waals surface area contributed by atoms with Gasteiger partial charge in [-0.15, -0.1) is 0 Å². The summed E-state index contributed by atoms with van der Waals surface area (Å²) in [5, 5.41) is 4.06. The molecular weight excluding hydrogens is 455 g/mol. The van der Waals surface area contributed by atoms with Crippen LogP contribution in [0.2, 0.25) is 10.0 Å². The van der Waals surface area contributed by atoms with E-state index in [1.54, 1.807) is 18.2 Å². The number of nitrogens with zero attached hydrogens (tertiary/aromatic N) is 2. The molecule has 0 saturated heterocycles. The third kappa shape index (κ3) is 4.79. The number of benzene rings is 2. The van der Waals surface area contributed by atoms with Gasteiger partial charge < -0.3 is 10.3 Å². The Kier molecular flexibility index (Phi) is 6.09. The molecule has 2 aromatic heterocycles. The second-order valence-corrected chi connectivity index (χ2v) is 8.89. The number of nitrogens with one attached hydrogen (secondary N) is 2. The summed E-state index contributed by atoms with van der Waals surface area (Å²) in [6, 6.07) is 14.2. The van der Waals surface area contributed by atoms with Crippen molar-refractivity contribution >= 4 is 57.6 Å². The first-order valence-electron chi connectivity index (χ1n) is 9.38. The first-order chi connectivity index (χ1) is 14.8. The summed E-state index contributed by atoms with van der Waals surface area (Å²) in [7, 11) is 0. The maximum atomic E-state index is 13.2. The molecule has 0 aliphatic heterocycles. The monoisotopic (exact) mass is 472 g/mol. The van der Waals surface area contributed by atoms with Crippen LogP contribution in [-0.2, 0) is 4.79 Å². The molecular formula is C22H18Cl2N4O2S. The quantitative estimate of drug-likeness (QED) is 0.302. The van der Waals surface area contributed by atoms with Gasteiger partial charge in [0.05, 0.1) is 17.0 Å². The summed E-state index contributed by atoms with van der Waals surface area (Å²) >= 11 is 13.2.